The summed E-state index contributed by atoms with van der Waals surface area (Å²) in [7, 11) is 0. The van der Waals surface area contributed by atoms with Gasteiger partial charge in [0.15, 0.2) is 0 Å². The zero-order valence-electron chi connectivity index (χ0n) is 6.50. The highest BCUT2D eigenvalue weighted by atomic mass is 79.9. The van der Waals surface area contributed by atoms with Crippen molar-refractivity contribution in [3.05, 3.63) is 28.1 Å². The third-order valence-corrected chi connectivity index (χ3v) is 4.30. The molecular formula is C9H7BrS2. The van der Waals surface area contributed by atoms with Crippen molar-refractivity contribution in [3.8, 4) is 0 Å². The fourth-order valence-electron chi connectivity index (χ4n) is 1.12. The molecule has 0 spiro atoms. The van der Waals surface area contributed by atoms with Gasteiger partial charge >= 0.3 is 0 Å². The van der Waals surface area contributed by atoms with E-state index in [-0.39, 0.29) is 0 Å². The first-order chi connectivity index (χ1) is 5.81. The van der Waals surface area contributed by atoms with Crippen LogP contribution in [-0.2, 0) is 0 Å². The van der Waals surface area contributed by atoms with E-state index in [1.165, 1.54) is 19.5 Å². The Labute approximate surface area is 88.1 Å². The van der Waals surface area contributed by atoms with Gasteiger partial charge in [-0.25, -0.2) is 0 Å². The lowest BCUT2D eigenvalue weighted by Crippen LogP contribution is -1.72. The number of benzene rings is 1. The minimum absolute atomic E-state index is 1.20. The summed E-state index contributed by atoms with van der Waals surface area (Å²) < 4.78 is 2.55. The minimum atomic E-state index is 1.20. The van der Waals surface area contributed by atoms with Crippen molar-refractivity contribution in [1.82, 2.24) is 0 Å². The molecule has 0 nitrogen and oxygen atoms in total. The molecule has 0 N–H and O–H groups in total. The fourth-order valence-corrected chi connectivity index (χ4v) is 3.41. The molecule has 0 aliphatic rings. The van der Waals surface area contributed by atoms with Crippen LogP contribution in [0.4, 0.5) is 0 Å². The quantitative estimate of drug-likeness (QED) is 0.684. The second-order valence-corrected chi connectivity index (χ2v) is 5.10. The predicted octanol–water partition coefficient (Wildman–Crippen LogP) is 4.39. The zero-order chi connectivity index (χ0) is 8.55. The van der Waals surface area contributed by atoms with Crippen LogP contribution < -0.4 is 0 Å². The van der Waals surface area contributed by atoms with Gasteiger partial charge in [-0.3, -0.25) is 0 Å². The van der Waals surface area contributed by atoms with Crippen molar-refractivity contribution in [2.24, 2.45) is 0 Å². The lowest BCUT2D eigenvalue weighted by atomic mass is 10.3. The van der Waals surface area contributed by atoms with Gasteiger partial charge in [0.2, 0.25) is 0 Å². The van der Waals surface area contributed by atoms with Gasteiger partial charge in [0, 0.05) is 14.1 Å². The molecule has 0 saturated heterocycles. The van der Waals surface area contributed by atoms with Crippen LogP contribution in [0, 0.1) is 0 Å². The summed E-state index contributed by atoms with van der Waals surface area (Å²) in [5.41, 5.74) is 0. The standard InChI is InChI=1S/C9H7BrS2/c1-11-9-4-6-2-3-12-8(6)5-7(9)10/h2-5H,1H3. The molecule has 1 aromatic heterocycles. The summed E-state index contributed by atoms with van der Waals surface area (Å²) in [5.74, 6) is 0. The van der Waals surface area contributed by atoms with E-state index in [0.717, 1.165) is 0 Å². The molecule has 1 heterocycles. The van der Waals surface area contributed by atoms with Crippen molar-refractivity contribution in [3.63, 3.8) is 0 Å². The van der Waals surface area contributed by atoms with E-state index in [4.69, 9.17) is 0 Å². The van der Waals surface area contributed by atoms with E-state index in [0.29, 0.717) is 0 Å². The summed E-state index contributed by atoms with van der Waals surface area (Å²) in [6.45, 7) is 0. The number of fused-ring (bicyclic) bond motifs is 1. The first-order valence-corrected chi connectivity index (χ1v) is 6.42. The summed E-state index contributed by atoms with van der Waals surface area (Å²) in [6, 6.07) is 6.57. The van der Waals surface area contributed by atoms with Gasteiger partial charge in [0.1, 0.15) is 0 Å². The van der Waals surface area contributed by atoms with Crippen LogP contribution in [-0.4, -0.2) is 6.26 Å². The smallest absolute Gasteiger partial charge is 0.0354 e. The Kier molecular flexibility index (Phi) is 2.44. The molecular weight excluding hydrogens is 252 g/mol. The summed E-state index contributed by atoms with van der Waals surface area (Å²) in [5, 5.41) is 3.47. The lowest BCUT2D eigenvalue weighted by molar-refractivity contribution is 1.46. The van der Waals surface area contributed by atoms with E-state index in [9.17, 15) is 0 Å². The van der Waals surface area contributed by atoms with Gasteiger partial charge in [0.05, 0.1) is 0 Å². The van der Waals surface area contributed by atoms with Crippen molar-refractivity contribution in [1.29, 1.82) is 0 Å². The van der Waals surface area contributed by atoms with Crippen LogP contribution in [0.5, 0.6) is 0 Å². The van der Waals surface area contributed by atoms with E-state index >= 15 is 0 Å². The minimum Gasteiger partial charge on any atom is -0.144 e. The second-order valence-electron chi connectivity index (χ2n) is 2.45. The molecule has 3 heteroatoms. The normalized spacial score (nSPS) is 10.8. The molecule has 1 aromatic carbocycles. The average molecular weight is 259 g/mol. The van der Waals surface area contributed by atoms with Crippen molar-refractivity contribution >= 4 is 49.1 Å². The maximum absolute atomic E-state index is 3.55. The molecule has 12 heavy (non-hydrogen) atoms. The van der Waals surface area contributed by atoms with Crippen LogP contribution in [0.3, 0.4) is 0 Å². The van der Waals surface area contributed by atoms with Gasteiger partial charge in [-0.15, -0.1) is 23.1 Å². The molecule has 0 atom stereocenters. The van der Waals surface area contributed by atoms with Crippen molar-refractivity contribution < 1.29 is 0 Å². The fraction of sp³-hybridized carbons (Fsp3) is 0.111. The Morgan fingerprint density at radius 2 is 2.25 bits per heavy atom. The van der Waals surface area contributed by atoms with Crippen LogP contribution in [0.25, 0.3) is 10.1 Å². The first kappa shape index (κ1) is 8.60. The highest BCUT2D eigenvalue weighted by Gasteiger charge is 2.01. The second kappa shape index (κ2) is 3.40. The van der Waals surface area contributed by atoms with Gasteiger partial charge in [-0.05, 0) is 51.2 Å². The third kappa shape index (κ3) is 1.41. The molecule has 0 saturated carbocycles. The number of thioether (sulfide) groups is 1. The summed E-state index contributed by atoms with van der Waals surface area (Å²) in [4.78, 5) is 1.31. The maximum Gasteiger partial charge on any atom is 0.0354 e. The third-order valence-electron chi connectivity index (χ3n) is 1.73. The number of thiophene rings is 1. The molecule has 0 fully saturated rings. The number of halogens is 1. The first-order valence-electron chi connectivity index (χ1n) is 3.52. The monoisotopic (exact) mass is 258 g/mol. The molecule has 0 aliphatic carbocycles. The van der Waals surface area contributed by atoms with E-state index in [1.54, 1.807) is 23.1 Å². The largest absolute Gasteiger partial charge is 0.144 e. The number of rotatable bonds is 1. The summed E-state index contributed by atoms with van der Waals surface area (Å²) >= 11 is 7.10. The average Bonchev–Trinajstić information content (AvgIpc) is 2.49. The molecule has 0 amide bonds. The number of hydrogen-bond acceptors (Lipinski definition) is 2. The predicted molar refractivity (Wildman–Crippen MR) is 61.3 cm³/mol. The SMILES string of the molecule is CSc1cc2ccsc2cc1Br. The molecule has 0 unspecified atom stereocenters. The van der Waals surface area contributed by atoms with Crippen molar-refractivity contribution in [2.75, 3.05) is 6.26 Å². The molecule has 0 radical (unpaired) electrons. The van der Waals surface area contributed by atoms with Gasteiger partial charge in [0.25, 0.3) is 0 Å². The van der Waals surface area contributed by atoms with E-state index in [2.05, 4.69) is 45.8 Å². The highest BCUT2D eigenvalue weighted by Crippen LogP contribution is 2.32. The highest BCUT2D eigenvalue weighted by molar-refractivity contribution is 9.10. The van der Waals surface area contributed by atoms with E-state index in [1.807, 2.05) is 0 Å². The molecule has 0 aliphatic heterocycles. The van der Waals surface area contributed by atoms with E-state index < -0.39 is 0 Å². The molecule has 62 valence electrons. The topological polar surface area (TPSA) is 0 Å². The Bertz CT molecular complexity index is 406. The summed E-state index contributed by atoms with van der Waals surface area (Å²) in [6.07, 6.45) is 2.10. The van der Waals surface area contributed by atoms with Gasteiger partial charge in [-0.1, -0.05) is 0 Å². The Hall–Kier alpha value is 0.01000. The van der Waals surface area contributed by atoms with Gasteiger partial charge < -0.3 is 0 Å². The van der Waals surface area contributed by atoms with Crippen LogP contribution in [0.1, 0.15) is 0 Å². The molecule has 0 bridgehead atoms. The van der Waals surface area contributed by atoms with Gasteiger partial charge in [-0.2, -0.15) is 0 Å². The van der Waals surface area contributed by atoms with Crippen LogP contribution in [0.2, 0.25) is 0 Å². The zero-order valence-corrected chi connectivity index (χ0v) is 9.72. The molecule has 2 aromatic rings. The lowest BCUT2D eigenvalue weighted by Gasteiger charge is -1.99. The van der Waals surface area contributed by atoms with Crippen molar-refractivity contribution in [2.45, 2.75) is 4.90 Å². The Morgan fingerprint density at radius 3 is 3.00 bits per heavy atom. The molecule has 2 rings (SSSR count). The maximum atomic E-state index is 3.55. The Morgan fingerprint density at radius 1 is 1.42 bits per heavy atom. The Balaban J connectivity index is 2.73. The van der Waals surface area contributed by atoms with Crippen LogP contribution in [0.15, 0.2) is 32.9 Å². The van der Waals surface area contributed by atoms with Crippen LogP contribution >= 0.6 is 39.0 Å². The number of hydrogen-bond donors (Lipinski definition) is 0.